The molecule has 1 aromatic carbocycles. The minimum Gasteiger partial charge on any atom is -0.497 e. The summed E-state index contributed by atoms with van der Waals surface area (Å²) < 4.78 is 5.27. The minimum absolute atomic E-state index is 0.533. The molecule has 0 saturated heterocycles. The van der Waals surface area contributed by atoms with E-state index in [0.717, 1.165) is 24.4 Å². The van der Waals surface area contributed by atoms with Crippen molar-refractivity contribution in [2.75, 3.05) is 30.0 Å². The average Bonchev–Trinajstić information content (AvgIpc) is 2.84. The van der Waals surface area contributed by atoms with Crippen LogP contribution in [0.3, 0.4) is 0 Å². The molecule has 6 nitrogen and oxygen atoms in total. The number of nitrogen functional groups attached to an aromatic ring is 1. The van der Waals surface area contributed by atoms with Gasteiger partial charge in [0.25, 0.3) is 0 Å². The molecule has 184 valence electrons. The fraction of sp³-hybridized carbons (Fsp3) is 0.630. The first-order chi connectivity index (χ1) is 16.2. The van der Waals surface area contributed by atoms with Crippen LogP contribution in [-0.2, 0) is 0 Å². The lowest BCUT2D eigenvalue weighted by molar-refractivity contribution is 0.415. The van der Waals surface area contributed by atoms with Gasteiger partial charge in [-0.3, -0.25) is 0 Å². The van der Waals surface area contributed by atoms with Gasteiger partial charge in [0, 0.05) is 18.3 Å². The van der Waals surface area contributed by atoms with Crippen molar-refractivity contribution in [3.05, 3.63) is 30.6 Å². The van der Waals surface area contributed by atoms with Crippen LogP contribution in [0.2, 0.25) is 0 Å². The smallest absolute Gasteiger partial charge is 0.159 e. The van der Waals surface area contributed by atoms with Gasteiger partial charge in [0.15, 0.2) is 11.6 Å². The third kappa shape index (κ3) is 11.3. The second-order valence-corrected chi connectivity index (χ2v) is 8.86. The molecule has 0 bridgehead atoms. The molecule has 2 rings (SSSR count). The van der Waals surface area contributed by atoms with Crippen LogP contribution in [0.25, 0.3) is 0 Å². The summed E-state index contributed by atoms with van der Waals surface area (Å²) in [6.07, 6.45) is 20.6. The van der Waals surface area contributed by atoms with E-state index in [4.69, 9.17) is 10.5 Å². The summed E-state index contributed by atoms with van der Waals surface area (Å²) in [7, 11) is 1.65. The fourth-order valence-electron chi connectivity index (χ4n) is 4.00. The molecule has 6 heteroatoms. The van der Waals surface area contributed by atoms with Gasteiger partial charge in [0.1, 0.15) is 17.8 Å². The van der Waals surface area contributed by atoms with Crippen molar-refractivity contribution in [1.29, 1.82) is 0 Å². The van der Waals surface area contributed by atoms with Crippen LogP contribution in [0, 0.1) is 0 Å². The summed E-state index contributed by atoms with van der Waals surface area (Å²) in [4.78, 5) is 8.59. The topological polar surface area (TPSA) is 85.1 Å². The average molecular weight is 456 g/mol. The summed E-state index contributed by atoms with van der Waals surface area (Å²) in [6, 6.07) is 7.68. The number of unbranched alkanes of at least 4 members (excludes halogenated alkanes) is 13. The van der Waals surface area contributed by atoms with Crippen LogP contribution < -0.4 is 21.1 Å². The van der Waals surface area contributed by atoms with Crippen molar-refractivity contribution in [2.45, 2.75) is 96.8 Å². The molecule has 4 N–H and O–H groups in total. The lowest BCUT2D eigenvalue weighted by Crippen LogP contribution is -2.09. The molecule has 0 fully saturated rings. The van der Waals surface area contributed by atoms with E-state index in [1.807, 2.05) is 24.3 Å². The number of rotatable bonds is 19. The highest BCUT2D eigenvalue weighted by molar-refractivity contribution is 5.77. The molecule has 0 amide bonds. The van der Waals surface area contributed by atoms with Crippen molar-refractivity contribution >= 4 is 23.0 Å². The molecule has 0 aliphatic carbocycles. The van der Waals surface area contributed by atoms with E-state index >= 15 is 0 Å². The van der Waals surface area contributed by atoms with Gasteiger partial charge in [0.2, 0.25) is 0 Å². The predicted molar refractivity (Wildman–Crippen MR) is 142 cm³/mol. The van der Waals surface area contributed by atoms with Crippen molar-refractivity contribution in [3.8, 4) is 5.75 Å². The second kappa shape index (κ2) is 17.0. The van der Waals surface area contributed by atoms with E-state index in [1.54, 1.807) is 7.11 Å². The van der Waals surface area contributed by atoms with Crippen LogP contribution in [0.1, 0.15) is 96.8 Å². The molecule has 1 heterocycles. The van der Waals surface area contributed by atoms with E-state index in [-0.39, 0.29) is 0 Å². The van der Waals surface area contributed by atoms with Crippen molar-refractivity contribution in [1.82, 2.24) is 9.97 Å². The highest BCUT2D eigenvalue weighted by Crippen LogP contribution is 2.27. The Balaban J connectivity index is 1.53. The Kier molecular flexibility index (Phi) is 13.8. The van der Waals surface area contributed by atoms with Gasteiger partial charge in [0.05, 0.1) is 7.11 Å². The molecule has 0 aliphatic heterocycles. The first-order valence-corrected chi connectivity index (χ1v) is 13.0. The Bertz CT molecular complexity index is 768. The molecule has 2 aromatic rings. The van der Waals surface area contributed by atoms with E-state index < -0.39 is 0 Å². The maximum atomic E-state index is 6.28. The van der Waals surface area contributed by atoms with Gasteiger partial charge in [-0.15, -0.1) is 0 Å². The zero-order chi connectivity index (χ0) is 23.6. The molecule has 0 saturated carbocycles. The SMILES string of the molecule is CCCCCCCCCCCCCCCCNc1ncnc(Nc2cccc(OC)c2)c1N. The van der Waals surface area contributed by atoms with E-state index in [0.29, 0.717) is 17.3 Å². The summed E-state index contributed by atoms with van der Waals surface area (Å²) in [5.74, 6) is 2.07. The quantitative estimate of drug-likeness (QED) is 0.188. The van der Waals surface area contributed by atoms with Gasteiger partial charge < -0.3 is 21.1 Å². The zero-order valence-electron chi connectivity index (χ0n) is 20.9. The summed E-state index contributed by atoms with van der Waals surface area (Å²) >= 11 is 0. The number of nitrogens with two attached hydrogens (primary N) is 1. The van der Waals surface area contributed by atoms with Gasteiger partial charge >= 0.3 is 0 Å². The van der Waals surface area contributed by atoms with E-state index in [2.05, 4.69) is 27.5 Å². The van der Waals surface area contributed by atoms with Gasteiger partial charge in [-0.25, -0.2) is 9.97 Å². The first kappa shape index (κ1) is 26.7. The molecule has 0 atom stereocenters. The van der Waals surface area contributed by atoms with Crippen LogP contribution >= 0.6 is 0 Å². The first-order valence-electron chi connectivity index (χ1n) is 13.0. The van der Waals surface area contributed by atoms with Gasteiger partial charge in [-0.1, -0.05) is 96.5 Å². The molecule has 0 unspecified atom stereocenters. The highest BCUT2D eigenvalue weighted by Gasteiger charge is 2.08. The lowest BCUT2D eigenvalue weighted by Gasteiger charge is -2.13. The number of anilines is 4. The maximum absolute atomic E-state index is 6.28. The molecular weight excluding hydrogens is 410 g/mol. The second-order valence-electron chi connectivity index (χ2n) is 8.86. The Labute approximate surface area is 201 Å². The number of aromatic nitrogens is 2. The largest absolute Gasteiger partial charge is 0.497 e. The van der Waals surface area contributed by atoms with E-state index in [9.17, 15) is 0 Å². The zero-order valence-corrected chi connectivity index (χ0v) is 20.9. The lowest BCUT2D eigenvalue weighted by atomic mass is 10.0. The normalized spacial score (nSPS) is 10.8. The summed E-state index contributed by atoms with van der Waals surface area (Å²) in [6.45, 7) is 3.15. The molecule has 1 aromatic heterocycles. The molecule has 0 radical (unpaired) electrons. The van der Waals surface area contributed by atoms with Crippen molar-refractivity contribution in [2.24, 2.45) is 0 Å². The van der Waals surface area contributed by atoms with Crippen LogP contribution in [0.15, 0.2) is 30.6 Å². The third-order valence-corrected chi connectivity index (χ3v) is 6.04. The Morgan fingerprint density at radius 2 is 1.36 bits per heavy atom. The minimum atomic E-state index is 0.533. The maximum Gasteiger partial charge on any atom is 0.159 e. The van der Waals surface area contributed by atoms with Crippen LogP contribution in [-0.4, -0.2) is 23.6 Å². The molecule has 0 spiro atoms. The number of ether oxygens (including phenoxy) is 1. The van der Waals surface area contributed by atoms with Crippen molar-refractivity contribution in [3.63, 3.8) is 0 Å². The van der Waals surface area contributed by atoms with Crippen molar-refractivity contribution < 1.29 is 4.74 Å². The Hall–Kier alpha value is -2.50. The Morgan fingerprint density at radius 3 is 1.97 bits per heavy atom. The molecule has 0 aliphatic rings. The monoisotopic (exact) mass is 455 g/mol. The summed E-state index contributed by atoms with van der Waals surface area (Å²) in [5.41, 5.74) is 7.69. The number of nitrogens with one attached hydrogen (secondary N) is 2. The number of methoxy groups -OCH3 is 1. The number of hydrogen-bond acceptors (Lipinski definition) is 6. The highest BCUT2D eigenvalue weighted by atomic mass is 16.5. The standard InChI is InChI=1S/C27H45N5O/c1-3-4-5-6-7-8-9-10-11-12-13-14-15-16-20-29-26-25(28)27(31-22-30-26)32-23-18-17-19-24(21-23)33-2/h17-19,21-22H,3-16,20,28H2,1-2H3,(H2,29,30,31,32). The van der Waals surface area contributed by atoms with Gasteiger partial charge in [-0.05, 0) is 18.6 Å². The summed E-state index contributed by atoms with van der Waals surface area (Å²) in [5, 5.41) is 6.61. The number of nitrogens with zero attached hydrogens (tertiary/aromatic N) is 2. The number of benzene rings is 1. The molecular formula is C27H45N5O. The van der Waals surface area contributed by atoms with Crippen LogP contribution in [0.4, 0.5) is 23.0 Å². The fourth-order valence-corrected chi connectivity index (χ4v) is 4.00. The Morgan fingerprint density at radius 1 is 0.788 bits per heavy atom. The third-order valence-electron chi connectivity index (χ3n) is 6.04. The van der Waals surface area contributed by atoms with Crippen LogP contribution in [0.5, 0.6) is 5.75 Å². The molecule has 33 heavy (non-hydrogen) atoms. The number of hydrogen-bond donors (Lipinski definition) is 3. The van der Waals surface area contributed by atoms with Gasteiger partial charge in [-0.2, -0.15) is 0 Å². The predicted octanol–water partition coefficient (Wildman–Crippen LogP) is 7.70. The van der Waals surface area contributed by atoms with E-state index in [1.165, 1.54) is 89.8 Å².